The summed E-state index contributed by atoms with van der Waals surface area (Å²) in [6.07, 6.45) is 18.3. The lowest BCUT2D eigenvalue weighted by atomic mass is 9.99. The summed E-state index contributed by atoms with van der Waals surface area (Å²) in [5.74, 6) is -0.391. The van der Waals surface area contributed by atoms with Gasteiger partial charge in [0.15, 0.2) is 0 Å². The Labute approximate surface area is 196 Å². The fraction of sp³-hybridized carbons (Fsp3) is 0.958. The number of nitrogens with zero attached hydrogens (tertiary/aromatic N) is 1. The van der Waals surface area contributed by atoms with Gasteiger partial charge in [-0.1, -0.05) is 90.4 Å². The molecule has 0 saturated carbocycles. The second-order valence-corrected chi connectivity index (χ2v) is 10.6. The molecule has 8 heteroatoms. The molecule has 0 amide bonds. The highest BCUT2D eigenvalue weighted by Crippen LogP contribution is 2.44. The van der Waals surface area contributed by atoms with E-state index in [1.54, 1.807) is 25.9 Å². The van der Waals surface area contributed by atoms with Gasteiger partial charge in [-0.05, 0) is 33.9 Å². The SMILES string of the molecule is CCCCCCCCCCCCCCCCC(CC(C)(OP(=O)(O)O)N(C)C)OC(C)=O. The minimum absolute atomic E-state index is 0.198. The molecule has 0 aliphatic heterocycles. The van der Waals surface area contributed by atoms with Gasteiger partial charge in [-0.2, -0.15) is 0 Å². The predicted octanol–water partition coefficient (Wildman–Crippen LogP) is 6.57. The van der Waals surface area contributed by atoms with E-state index in [-0.39, 0.29) is 6.42 Å². The molecule has 0 fully saturated rings. The van der Waals surface area contributed by atoms with Gasteiger partial charge in [0.1, 0.15) is 11.8 Å². The van der Waals surface area contributed by atoms with E-state index in [0.717, 1.165) is 19.3 Å². The number of phosphoric ester groups is 1. The van der Waals surface area contributed by atoms with Gasteiger partial charge in [-0.15, -0.1) is 0 Å². The van der Waals surface area contributed by atoms with Gasteiger partial charge in [-0.25, -0.2) is 4.57 Å². The molecule has 0 bridgehead atoms. The minimum Gasteiger partial charge on any atom is -0.462 e. The van der Waals surface area contributed by atoms with Gasteiger partial charge in [-0.3, -0.25) is 14.2 Å². The van der Waals surface area contributed by atoms with Crippen LogP contribution in [0.3, 0.4) is 0 Å². The maximum absolute atomic E-state index is 11.5. The molecule has 7 nitrogen and oxygen atoms in total. The number of hydrogen-bond acceptors (Lipinski definition) is 5. The first kappa shape index (κ1) is 31.5. The lowest BCUT2D eigenvalue weighted by molar-refractivity contribution is -0.153. The Morgan fingerprint density at radius 3 is 1.62 bits per heavy atom. The van der Waals surface area contributed by atoms with Crippen molar-refractivity contribution in [1.29, 1.82) is 0 Å². The number of carbonyl (C=O) groups is 1. The van der Waals surface area contributed by atoms with Crippen LogP contribution in [0.25, 0.3) is 0 Å². The molecule has 32 heavy (non-hydrogen) atoms. The Bertz CT molecular complexity index is 525. The van der Waals surface area contributed by atoms with Crippen molar-refractivity contribution < 1.29 is 28.4 Å². The average molecular weight is 480 g/mol. The number of ether oxygens (including phenoxy) is 1. The van der Waals surface area contributed by atoms with E-state index in [2.05, 4.69) is 6.92 Å². The van der Waals surface area contributed by atoms with Crippen LogP contribution in [-0.2, 0) is 18.6 Å². The van der Waals surface area contributed by atoms with Crippen molar-refractivity contribution >= 4 is 13.8 Å². The summed E-state index contributed by atoms with van der Waals surface area (Å²) in [6.45, 7) is 5.22. The van der Waals surface area contributed by atoms with Gasteiger partial charge in [0.25, 0.3) is 0 Å². The van der Waals surface area contributed by atoms with E-state index < -0.39 is 25.6 Å². The maximum atomic E-state index is 11.5. The van der Waals surface area contributed by atoms with Crippen molar-refractivity contribution in [1.82, 2.24) is 4.90 Å². The standard InChI is InChI=1S/C24H50NO6P/c1-6-7-8-9-10-11-12-13-14-15-16-17-18-19-20-23(30-22(2)26)21-24(3,25(4)5)31-32(27,28)29/h23H,6-21H2,1-5H3,(H2,27,28,29). The van der Waals surface area contributed by atoms with Crippen molar-refractivity contribution in [3.05, 3.63) is 0 Å². The second kappa shape index (κ2) is 17.9. The third-order valence-corrected chi connectivity index (χ3v) is 6.71. The molecule has 2 unspecified atom stereocenters. The number of phosphoric acid groups is 1. The predicted molar refractivity (Wildman–Crippen MR) is 130 cm³/mol. The van der Waals surface area contributed by atoms with Gasteiger partial charge in [0, 0.05) is 13.3 Å². The van der Waals surface area contributed by atoms with Crippen LogP contribution < -0.4 is 0 Å². The van der Waals surface area contributed by atoms with E-state index in [1.807, 2.05) is 0 Å². The molecule has 0 radical (unpaired) electrons. The highest BCUT2D eigenvalue weighted by atomic mass is 31.2. The second-order valence-electron chi connectivity index (χ2n) is 9.47. The van der Waals surface area contributed by atoms with Gasteiger partial charge >= 0.3 is 13.8 Å². The Hall–Kier alpha value is -0.460. The summed E-state index contributed by atoms with van der Waals surface area (Å²) in [4.78, 5) is 31.6. The van der Waals surface area contributed by atoms with E-state index in [0.29, 0.717) is 6.42 Å². The molecule has 0 aliphatic rings. The third-order valence-electron chi connectivity index (χ3n) is 6.08. The first-order chi connectivity index (χ1) is 15.0. The topological polar surface area (TPSA) is 96.3 Å². The number of rotatable bonds is 21. The Morgan fingerprint density at radius 2 is 1.28 bits per heavy atom. The smallest absolute Gasteiger partial charge is 0.462 e. The molecular formula is C24H50NO6P. The number of unbranched alkanes of at least 4 members (excludes halogenated alkanes) is 13. The largest absolute Gasteiger partial charge is 0.471 e. The summed E-state index contributed by atoms with van der Waals surface area (Å²) in [5.41, 5.74) is -1.23. The Balaban J connectivity index is 4.08. The molecule has 0 aromatic heterocycles. The Morgan fingerprint density at radius 1 is 0.875 bits per heavy atom. The van der Waals surface area contributed by atoms with E-state index in [1.165, 1.54) is 77.6 Å². The van der Waals surface area contributed by atoms with Crippen LogP contribution in [0.1, 0.15) is 124 Å². The monoisotopic (exact) mass is 479 g/mol. The van der Waals surface area contributed by atoms with Crippen molar-refractivity contribution in [2.45, 2.75) is 135 Å². The summed E-state index contributed by atoms with van der Waals surface area (Å²) in [6, 6.07) is 0. The Kier molecular flexibility index (Phi) is 17.7. The van der Waals surface area contributed by atoms with Gasteiger partial charge < -0.3 is 14.5 Å². The summed E-state index contributed by atoms with van der Waals surface area (Å²) in [5, 5.41) is 0. The van der Waals surface area contributed by atoms with Crippen LogP contribution in [0.2, 0.25) is 0 Å². The normalized spacial score (nSPS) is 15.0. The van der Waals surface area contributed by atoms with Crippen molar-refractivity contribution in [3.63, 3.8) is 0 Å². The summed E-state index contributed by atoms with van der Waals surface area (Å²) in [7, 11) is -1.30. The highest BCUT2D eigenvalue weighted by Gasteiger charge is 2.38. The van der Waals surface area contributed by atoms with Crippen LogP contribution in [0.5, 0.6) is 0 Å². The molecular weight excluding hydrogens is 429 g/mol. The van der Waals surface area contributed by atoms with Crippen molar-refractivity contribution in [2.75, 3.05) is 14.1 Å². The molecule has 192 valence electrons. The van der Waals surface area contributed by atoms with E-state index in [4.69, 9.17) is 9.26 Å². The average Bonchev–Trinajstić information content (AvgIpc) is 2.66. The van der Waals surface area contributed by atoms with Crippen LogP contribution in [0.4, 0.5) is 0 Å². The van der Waals surface area contributed by atoms with Crippen molar-refractivity contribution in [2.24, 2.45) is 0 Å². The number of esters is 1. The molecule has 2 atom stereocenters. The molecule has 2 N–H and O–H groups in total. The van der Waals surface area contributed by atoms with Crippen LogP contribution in [0, 0.1) is 0 Å². The van der Waals surface area contributed by atoms with E-state index in [9.17, 15) is 19.1 Å². The zero-order valence-corrected chi connectivity index (χ0v) is 22.2. The molecule has 0 aromatic rings. The van der Waals surface area contributed by atoms with Gasteiger partial charge in [0.2, 0.25) is 0 Å². The molecule has 0 aliphatic carbocycles. The zero-order valence-electron chi connectivity index (χ0n) is 21.3. The minimum atomic E-state index is -4.68. The fourth-order valence-electron chi connectivity index (χ4n) is 3.98. The van der Waals surface area contributed by atoms with Crippen molar-refractivity contribution in [3.8, 4) is 0 Å². The van der Waals surface area contributed by atoms with Crippen LogP contribution in [0.15, 0.2) is 0 Å². The molecule has 0 saturated heterocycles. The molecule has 0 heterocycles. The lowest BCUT2D eigenvalue weighted by Crippen LogP contribution is -2.46. The molecule has 0 spiro atoms. The summed E-state index contributed by atoms with van der Waals surface area (Å²) < 4.78 is 21.8. The van der Waals surface area contributed by atoms with E-state index >= 15 is 0 Å². The number of hydrogen-bond donors (Lipinski definition) is 2. The molecule has 0 aromatic carbocycles. The molecule has 0 rings (SSSR count). The van der Waals surface area contributed by atoms with Gasteiger partial charge in [0.05, 0.1) is 0 Å². The fourth-order valence-corrected chi connectivity index (χ4v) is 4.73. The summed E-state index contributed by atoms with van der Waals surface area (Å²) >= 11 is 0. The van der Waals surface area contributed by atoms with Crippen LogP contribution in [-0.4, -0.2) is 46.6 Å². The number of carbonyl (C=O) groups excluding carboxylic acids is 1. The quantitative estimate of drug-likeness (QED) is 0.0832. The first-order valence-electron chi connectivity index (χ1n) is 12.6. The zero-order chi connectivity index (χ0) is 24.5. The van der Waals surface area contributed by atoms with Crippen LogP contribution >= 0.6 is 7.82 Å². The highest BCUT2D eigenvalue weighted by molar-refractivity contribution is 7.46. The third kappa shape index (κ3) is 18.0. The lowest BCUT2D eigenvalue weighted by Gasteiger charge is -2.38. The maximum Gasteiger partial charge on any atom is 0.471 e. The first-order valence-corrected chi connectivity index (χ1v) is 14.1.